The summed E-state index contributed by atoms with van der Waals surface area (Å²) >= 11 is 0. The first-order valence-corrected chi connectivity index (χ1v) is 12.8. The van der Waals surface area contributed by atoms with Crippen LogP contribution in [0.3, 0.4) is 0 Å². The number of benzene rings is 1. The minimum Gasteiger partial charge on any atom is -0.382 e. The summed E-state index contributed by atoms with van der Waals surface area (Å²) in [7, 11) is 0. The van der Waals surface area contributed by atoms with Gasteiger partial charge >= 0.3 is 12.2 Å². The lowest BCUT2D eigenvalue weighted by molar-refractivity contribution is -0.125. The van der Waals surface area contributed by atoms with E-state index in [9.17, 15) is 22.8 Å². The lowest BCUT2D eigenvalue weighted by atomic mass is 9.86. The molecule has 1 unspecified atom stereocenters. The quantitative estimate of drug-likeness (QED) is 0.337. The van der Waals surface area contributed by atoms with E-state index in [2.05, 4.69) is 35.8 Å². The molecule has 216 valence electrons. The number of nitrogens with one attached hydrogen (secondary N) is 3. The number of amides is 3. The fourth-order valence-corrected chi connectivity index (χ4v) is 4.64. The van der Waals surface area contributed by atoms with Gasteiger partial charge in [0.05, 0.1) is 18.8 Å². The first-order chi connectivity index (χ1) is 19.6. The van der Waals surface area contributed by atoms with Crippen LogP contribution in [0.4, 0.5) is 29.5 Å². The number of allylic oxidation sites excluding steroid dienone is 2. The smallest absolute Gasteiger partial charge is 0.382 e. The second-order valence-corrected chi connectivity index (χ2v) is 9.56. The molecule has 3 amide bonds. The third-order valence-electron chi connectivity index (χ3n) is 6.79. The van der Waals surface area contributed by atoms with E-state index in [1.54, 1.807) is 28.8 Å². The molecule has 2 aliphatic rings. The minimum atomic E-state index is -4.70. The fourth-order valence-electron chi connectivity index (χ4n) is 4.64. The number of imidazole rings is 1. The standard InChI is InChI=1S/C26H28F3N9O3/c27-26(28,29)17-2-1-7-25(14-17,23(39)31-8-9-37-10-12-41-13-11-37)36-24(40)35-18-3-5-19(6-4-18)38-16-34-20-21(30)32-15-33-22(20)38/h1-6,14-16H,7-13H2,(H,31,39)(H2,30,32,33)(H2,35,36,40). The van der Waals surface area contributed by atoms with Crippen LogP contribution in [0, 0.1) is 0 Å². The zero-order valence-electron chi connectivity index (χ0n) is 21.8. The highest BCUT2D eigenvalue weighted by Gasteiger charge is 2.43. The van der Waals surface area contributed by atoms with Gasteiger partial charge in [0.15, 0.2) is 17.0 Å². The van der Waals surface area contributed by atoms with Crippen LogP contribution in [-0.2, 0) is 9.53 Å². The van der Waals surface area contributed by atoms with Crippen LogP contribution in [0.1, 0.15) is 6.42 Å². The maximum absolute atomic E-state index is 13.6. The van der Waals surface area contributed by atoms with E-state index in [0.29, 0.717) is 55.4 Å². The van der Waals surface area contributed by atoms with E-state index in [1.807, 2.05) is 0 Å². The second kappa shape index (κ2) is 11.5. The largest absolute Gasteiger partial charge is 0.416 e. The van der Waals surface area contributed by atoms with Crippen LogP contribution in [0.25, 0.3) is 16.9 Å². The van der Waals surface area contributed by atoms with Gasteiger partial charge in [-0.15, -0.1) is 0 Å². The summed E-state index contributed by atoms with van der Waals surface area (Å²) in [6, 6.07) is 5.72. The Morgan fingerprint density at radius 1 is 1.10 bits per heavy atom. The van der Waals surface area contributed by atoms with Gasteiger partial charge in [0.1, 0.15) is 18.2 Å². The summed E-state index contributed by atoms with van der Waals surface area (Å²) in [5, 5.41) is 7.75. The van der Waals surface area contributed by atoms with Crippen molar-refractivity contribution >= 4 is 34.6 Å². The minimum absolute atomic E-state index is 0.152. The van der Waals surface area contributed by atoms with Crippen LogP contribution in [0.5, 0.6) is 0 Å². The predicted molar refractivity (Wildman–Crippen MR) is 144 cm³/mol. The monoisotopic (exact) mass is 571 g/mol. The zero-order valence-corrected chi connectivity index (χ0v) is 21.8. The summed E-state index contributed by atoms with van der Waals surface area (Å²) in [6.07, 6.45) is 0.897. The van der Waals surface area contributed by atoms with Crippen molar-refractivity contribution in [3.63, 3.8) is 0 Å². The topological polar surface area (TPSA) is 152 Å². The average molecular weight is 572 g/mol. The number of halogens is 3. The number of hydrogen-bond donors (Lipinski definition) is 4. The average Bonchev–Trinajstić information content (AvgIpc) is 3.39. The summed E-state index contributed by atoms with van der Waals surface area (Å²) in [5.74, 6) is -0.501. The predicted octanol–water partition coefficient (Wildman–Crippen LogP) is 2.15. The number of aromatic nitrogens is 4. The lowest BCUT2D eigenvalue weighted by Crippen LogP contribution is -2.60. The number of ether oxygens (including phenoxy) is 1. The third-order valence-corrected chi connectivity index (χ3v) is 6.79. The van der Waals surface area contributed by atoms with Crippen molar-refractivity contribution in [2.24, 2.45) is 0 Å². The molecule has 3 aromatic rings. The number of urea groups is 1. The molecule has 41 heavy (non-hydrogen) atoms. The molecule has 1 aliphatic carbocycles. The van der Waals surface area contributed by atoms with Crippen LogP contribution >= 0.6 is 0 Å². The van der Waals surface area contributed by atoms with Gasteiger partial charge in [-0.3, -0.25) is 14.3 Å². The van der Waals surface area contributed by atoms with Crippen LogP contribution in [0.15, 0.2) is 60.7 Å². The Morgan fingerprint density at radius 2 is 1.85 bits per heavy atom. The highest BCUT2D eigenvalue weighted by molar-refractivity contribution is 5.98. The first kappa shape index (κ1) is 28.0. The normalized spacial score (nSPS) is 19.5. The van der Waals surface area contributed by atoms with Crippen molar-refractivity contribution in [1.29, 1.82) is 0 Å². The molecule has 5 N–H and O–H groups in total. The van der Waals surface area contributed by atoms with Crippen molar-refractivity contribution < 1.29 is 27.5 Å². The van der Waals surface area contributed by atoms with Gasteiger partial charge in [0.2, 0.25) is 5.91 Å². The Kier molecular flexibility index (Phi) is 7.90. The van der Waals surface area contributed by atoms with E-state index in [0.717, 1.165) is 12.2 Å². The number of carbonyl (C=O) groups excluding carboxylic acids is 2. The summed E-state index contributed by atoms with van der Waals surface area (Å²) in [6.45, 7) is 3.24. The molecule has 2 aromatic heterocycles. The Morgan fingerprint density at radius 3 is 2.59 bits per heavy atom. The van der Waals surface area contributed by atoms with Gasteiger partial charge in [-0.1, -0.05) is 12.2 Å². The molecule has 5 rings (SSSR count). The Balaban J connectivity index is 1.29. The molecule has 12 nitrogen and oxygen atoms in total. The number of fused-ring (bicyclic) bond motifs is 1. The number of nitrogen functional groups attached to an aromatic ring is 1. The van der Waals surface area contributed by atoms with E-state index in [-0.39, 0.29) is 18.8 Å². The van der Waals surface area contributed by atoms with Crippen LogP contribution in [-0.4, -0.2) is 87.5 Å². The fraction of sp³-hybridized carbons (Fsp3) is 0.346. The highest BCUT2D eigenvalue weighted by Crippen LogP contribution is 2.33. The number of morpholine rings is 1. The SMILES string of the molecule is Nc1ncnc2c1ncn2-c1ccc(NC(=O)NC2(C(=O)NCCN3CCOCC3)C=C(C(F)(F)F)C=CC2)cc1. The molecule has 0 radical (unpaired) electrons. The summed E-state index contributed by atoms with van der Waals surface area (Å²) in [5.41, 5.74) is 4.83. The Hall–Kier alpha value is -4.50. The van der Waals surface area contributed by atoms with Crippen molar-refractivity contribution in [3.05, 3.63) is 60.7 Å². The molecule has 0 bridgehead atoms. The molecule has 1 atom stereocenters. The van der Waals surface area contributed by atoms with Crippen LogP contribution in [0.2, 0.25) is 0 Å². The van der Waals surface area contributed by atoms with Gasteiger partial charge in [-0.25, -0.2) is 19.7 Å². The van der Waals surface area contributed by atoms with Crippen molar-refractivity contribution in [2.45, 2.75) is 18.1 Å². The molecule has 0 spiro atoms. The maximum Gasteiger partial charge on any atom is 0.416 e. The number of alkyl halides is 3. The number of nitrogens with two attached hydrogens (primary N) is 1. The summed E-state index contributed by atoms with van der Waals surface area (Å²) in [4.78, 5) is 40.7. The second-order valence-electron chi connectivity index (χ2n) is 9.56. The molecule has 1 aliphatic heterocycles. The molecule has 15 heteroatoms. The van der Waals surface area contributed by atoms with Crippen LogP contribution < -0.4 is 21.7 Å². The molecule has 1 aromatic carbocycles. The molecule has 1 saturated heterocycles. The van der Waals surface area contributed by atoms with Crippen molar-refractivity contribution in [3.8, 4) is 5.69 Å². The van der Waals surface area contributed by atoms with Gasteiger partial charge < -0.3 is 26.4 Å². The Labute approximate surface area is 232 Å². The number of anilines is 2. The van der Waals surface area contributed by atoms with Crippen molar-refractivity contribution in [2.75, 3.05) is 50.4 Å². The molecular weight excluding hydrogens is 543 g/mol. The Bertz CT molecular complexity index is 1480. The van der Waals surface area contributed by atoms with E-state index >= 15 is 0 Å². The van der Waals surface area contributed by atoms with Gasteiger partial charge in [-0.05, 0) is 30.3 Å². The molecule has 0 saturated carbocycles. The molecular formula is C26H28F3N9O3. The number of hydrogen-bond acceptors (Lipinski definition) is 8. The summed E-state index contributed by atoms with van der Waals surface area (Å²) < 4.78 is 47.7. The zero-order chi connectivity index (χ0) is 29.0. The molecule has 3 heterocycles. The lowest BCUT2D eigenvalue weighted by Gasteiger charge is -2.33. The van der Waals surface area contributed by atoms with Crippen molar-refractivity contribution in [1.82, 2.24) is 35.1 Å². The number of nitrogens with zero attached hydrogens (tertiary/aromatic N) is 5. The van der Waals surface area contributed by atoms with E-state index in [1.165, 1.54) is 18.7 Å². The maximum atomic E-state index is 13.6. The third kappa shape index (κ3) is 6.30. The molecule has 1 fully saturated rings. The van der Waals surface area contributed by atoms with Gasteiger partial charge in [0.25, 0.3) is 0 Å². The first-order valence-electron chi connectivity index (χ1n) is 12.8. The number of carbonyl (C=O) groups is 2. The van der Waals surface area contributed by atoms with Gasteiger partial charge in [0, 0.05) is 44.0 Å². The van der Waals surface area contributed by atoms with E-state index in [4.69, 9.17) is 10.5 Å². The number of rotatable bonds is 7. The van der Waals surface area contributed by atoms with E-state index < -0.39 is 29.2 Å². The van der Waals surface area contributed by atoms with Gasteiger partial charge in [-0.2, -0.15) is 13.2 Å². The highest BCUT2D eigenvalue weighted by atomic mass is 19.4.